The van der Waals surface area contributed by atoms with Gasteiger partial charge in [0, 0.05) is 29.1 Å². The number of amides is 1. The molecule has 6 nitrogen and oxygen atoms in total. The number of aromatic nitrogens is 1. The van der Waals surface area contributed by atoms with E-state index in [1.54, 1.807) is 30.5 Å². The lowest BCUT2D eigenvalue weighted by Gasteiger charge is -2.16. The molecular weight excluding hydrogens is 344 g/mol. The molecule has 1 aromatic heterocycles. The molecule has 0 saturated heterocycles. The van der Waals surface area contributed by atoms with Gasteiger partial charge in [-0.3, -0.25) is 9.59 Å². The van der Waals surface area contributed by atoms with Gasteiger partial charge in [0.2, 0.25) is 0 Å². The van der Waals surface area contributed by atoms with Crippen LogP contribution in [0.4, 0.5) is 0 Å². The molecule has 146 valence electrons. The molecule has 1 aliphatic rings. The Labute approximate surface area is 158 Å². The Kier molecular flexibility index (Phi) is 6.63. The van der Waals surface area contributed by atoms with E-state index >= 15 is 0 Å². The van der Waals surface area contributed by atoms with E-state index in [9.17, 15) is 14.7 Å². The molecule has 1 unspecified atom stereocenters. The minimum absolute atomic E-state index is 0.0172. The van der Waals surface area contributed by atoms with Gasteiger partial charge in [0.15, 0.2) is 0 Å². The van der Waals surface area contributed by atoms with E-state index in [2.05, 4.69) is 5.32 Å². The van der Waals surface area contributed by atoms with Crippen molar-refractivity contribution in [1.82, 2.24) is 9.88 Å². The van der Waals surface area contributed by atoms with Crippen LogP contribution in [0.25, 0.3) is 10.8 Å². The maximum absolute atomic E-state index is 12.7. The van der Waals surface area contributed by atoms with Crippen LogP contribution in [0.1, 0.15) is 48.9 Å². The van der Waals surface area contributed by atoms with Crippen molar-refractivity contribution in [3.63, 3.8) is 0 Å². The van der Waals surface area contributed by atoms with Crippen LogP contribution in [-0.4, -0.2) is 39.9 Å². The highest BCUT2D eigenvalue weighted by Gasteiger charge is 2.16. The van der Waals surface area contributed by atoms with Gasteiger partial charge in [-0.2, -0.15) is 0 Å². The Morgan fingerprint density at radius 1 is 1.15 bits per heavy atom. The van der Waals surface area contributed by atoms with E-state index in [-0.39, 0.29) is 18.0 Å². The number of rotatable bonds is 6. The smallest absolute Gasteiger partial charge is 0.258 e. The normalized spacial score (nSPS) is 16.8. The molecule has 27 heavy (non-hydrogen) atoms. The van der Waals surface area contributed by atoms with Gasteiger partial charge in [0.05, 0.1) is 19.3 Å². The van der Waals surface area contributed by atoms with Crippen molar-refractivity contribution >= 4 is 16.7 Å². The van der Waals surface area contributed by atoms with Gasteiger partial charge in [0.1, 0.15) is 0 Å². The first kappa shape index (κ1) is 19.6. The largest absolute Gasteiger partial charge is 0.394 e. The molecule has 1 fully saturated rings. The van der Waals surface area contributed by atoms with Crippen molar-refractivity contribution in [2.45, 2.75) is 51.2 Å². The summed E-state index contributed by atoms with van der Waals surface area (Å²) in [4.78, 5) is 25.4. The highest BCUT2D eigenvalue weighted by atomic mass is 16.3. The average molecular weight is 372 g/mol. The second-order valence-electron chi connectivity index (χ2n) is 7.44. The fourth-order valence-electron chi connectivity index (χ4n) is 3.85. The number of nitrogens with zero attached hydrogens (tertiary/aromatic N) is 1. The first-order valence-electron chi connectivity index (χ1n) is 9.79. The van der Waals surface area contributed by atoms with Gasteiger partial charge in [0.25, 0.3) is 11.5 Å². The standard InChI is InChI=1S/C21H28N2O4/c24-14-16(25)13-23-11-10-17-18(8-5-9-19(17)21(23)27)20(26)22-12-15-6-3-1-2-4-7-15/h5,8-11,15-16,24-25H,1-4,6-7,12-14H2,(H,22,26). The number of hydrogen-bond acceptors (Lipinski definition) is 4. The number of hydrogen-bond donors (Lipinski definition) is 3. The molecule has 0 aliphatic heterocycles. The van der Waals surface area contributed by atoms with Crippen molar-refractivity contribution in [3.05, 3.63) is 46.4 Å². The van der Waals surface area contributed by atoms with Crippen molar-refractivity contribution in [1.29, 1.82) is 0 Å². The minimum atomic E-state index is -0.994. The van der Waals surface area contributed by atoms with Crippen molar-refractivity contribution in [2.24, 2.45) is 5.92 Å². The molecule has 0 bridgehead atoms. The lowest BCUT2D eigenvalue weighted by Crippen LogP contribution is -2.30. The highest BCUT2D eigenvalue weighted by Crippen LogP contribution is 2.22. The lowest BCUT2D eigenvalue weighted by atomic mass is 10.00. The van der Waals surface area contributed by atoms with Gasteiger partial charge in [-0.15, -0.1) is 0 Å². The van der Waals surface area contributed by atoms with E-state index in [1.165, 1.54) is 30.3 Å². The molecule has 1 amide bonds. The van der Waals surface area contributed by atoms with E-state index in [0.717, 1.165) is 12.8 Å². The fraction of sp³-hybridized carbons (Fsp3) is 0.524. The molecule has 3 N–H and O–H groups in total. The Hall–Kier alpha value is -2.18. The molecule has 0 spiro atoms. The number of nitrogens with one attached hydrogen (secondary N) is 1. The molecule has 1 heterocycles. The molecule has 6 heteroatoms. The summed E-state index contributed by atoms with van der Waals surface area (Å²) < 4.78 is 1.36. The van der Waals surface area contributed by atoms with Crippen LogP contribution in [0.5, 0.6) is 0 Å². The van der Waals surface area contributed by atoms with Gasteiger partial charge in [-0.25, -0.2) is 0 Å². The predicted octanol–water partition coefficient (Wildman–Crippen LogP) is 2.05. The average Bonchev–Trinajstić information content (AvgIpc) is 2.96. The zero-order valence-electron chi connectivity index (χ0n) is 15.6. The maximum Gasteiger partial charge on any atom is 0.258 e. The summed E-state index contributed by atoms with van der Waals surface area (Å²) in [6.45, 7) is 0.284. The van der Waals surface area contributed by atoms with E-state index in [4.69, 9.17) is 5.11 Å². The minimum Gasteiger partial charge on any atom is -0.394 e. The molecule has 3 rings (SSSR count). The van der Waals surface area contributed by atoms with Crippen molar-refractivity contribution in [2.75, 3.05) is 13.2 Å². The third kappa shape index (κ3) is 4.76. The summed E-state index contributed by atoms with van der Waals surface area (Å²) in [5, 5.41) is 22.7. The van der Waals surface area contributed by atoms with E-state index in [0.29, 0.717) is 28.8 Å². The maximum atomic E-state index is 12.7. The zero-order valence-corrected chi connectivity index (χ0v) is 15.6. The Morgan fingerprint density at radius 2 is 1.89 bits per heavy atom. The van der Waals surface area contributed by atoms with E-state index in [1.807, 2.05) is 0 Å². The second kappa shape index (κ2) is 9.15. The summed E-state index contributed by atoms with van der Waals surface area (Å²) in [5.74, 6) is 0.376. The zero-order chi connectivity index (χ0) is 19.2. The molecule has 1 atom stereocenters. The molecule has 1 saturated carbocycles. The van der Waals surface area contributed by atoms with Gasteiger partial charge in [-0.1, -0.05) is 31.7 Å². The predicted molar refractivity (Wildman–Crippen MR) is 105 cm³/mol. The first-order chi connectivity index (χ1) is 13.1. The Bertz CT molecular complexity index is 838. The quantitative estimate of drug-likeness (QED) is 0.677. The van der Waals surface area contributed by atoms with Crippen LogP contribution < -0.4 is 10.9 Å². The fourth-order valence-corrected chi connectivity index (χ4v) is 3.85. The summed E-state index contributed by atoms with van der Waals surface area (Å²) >= 11 is 0. The third-order valence-electron chi connectivity index (χ3n) is 5.41. The number of aliphatic hydroxyl groups excluding tert-OH is 2. The third-order valence-corrected chi connectivity index (χ3v) is 5.41. The number of aliphatic hydroxyl groups is 2. The molecule has 2 aromatic rings. The molecule has 0 radical (unpaired) electrons. The summed E-state index contributed by atoms with van der Waals surface area (Å²) in [7, 11) is 0. The van der Waals surface area contributed by atoms with Crippen LogP contribution in [0.2, 0.25) is 0 Å². The molecule has 1 aromatic carbocycles. The second-order valence-corrected chi connectivity index (χ2v) is 7.44. The van der Waals surface area contributed by atoms with Crippen LogP contribution >= 0.6 is 0 Å². The molecule has 1 aliphatic carbocycles. The van der Waals surface area contributed by atoms with Gasteiger partial charge in [-0.05, 0) is 37.0 Å². The Balaban J connectivity index is 1.78. The monoisotopic (exact) mass is 372 g/mol. The van der Waals surface area contributed by atoms with E-state index < -0.39 is 12.7 Å². The number of fused-ring (bicyclic) bond motifs is 1. The SMILES string of the molecule is O=C(NCC1CCCCCC1)c1cccc2c(=O)n(CC(O)CO)ccc12. The van der Waals surface area contributed by atoms with Crippen LogP contribution in [-0.2, 0) is 6.54 Å². The number of carbonyl (C=O) groups is 1. The van der Waals surface area contributed by atoms with Crippen LogP contribution in [0.3, 0.4) is 0 Å². The molecular formula is C21H28N2O4. The highest BCUT2D eigenvalue weighted by molar-refractivity contribution is 6.06. The van der Waals surface area contributed by atoms with Gasteiger partial charge >= 0.3 is 0 Å². The topological polar surface area (TPSA) is 91.6 Å². The van der Waals surface area contributed by atoms with Crippen molar-refractivity contribution < 1.29 is 15.0 Å². The number of carbonyl (C=O) groups excluding carboxylic acids is 1. The summed E-state index contributed by atoms with van der Waals surface area (Å²) in [6, 6.07) is 6.84. The summed E-state index contributed by atoms with van der Waals surface area (Å²) in [6.07, 6.45) is 7.91. The van der Waals surface area contributed by atoms with Crippen LogP contribution in [0.15, 0.2) is 35.3 Å². The van der Waals surface area contributed by atoms with Crippen LogP contribution in [0, 0.1) is 5.92 Å². The van der Waals surface area contributed by atoms with Gasteiger partial charge < -0.3 is 20.1 Å². The van der Waals surface area contributed by atoms with Crippen molar-refractivity contribution in [3.8, 4) is 0 Å². The summed E-state index contributed by atoms with van der Waals surface area (Å²) in [5.41, 5.74) is 0.214. The lowest BCUT2D eigenvalue weighted by molar-refractivity contribution is 0.0805. The first-order valence-corrected chi connectivity index (χ1v) is 9.79. The number of benzene rings is 1. The Morgan fingerprint density at radius 3 is 2.59 bits per heavy atom. The number of pyridine rings is 1.